The molecule has 3 aromatic heterocycles. The summed E-state index contributed by atoms with van der Waals surface area (Å²) in [7, 11) is 0.489. The average Bonchev–Trinajstić information content (AvgIpc) is 3.48. The van der Waals surface area contributed by atoms with Crippen LogP contribution in [0.1, 0.15) is 17.3 Å². The molecule has 1 N–H and O–H groups in total. The molecular weight excluding hydrogens is 462 g/mol. The lowest BCUT2D eigenvalue weighted by atomic mass is 10.1. The number of aromatic nitrogens is 3. The Kier molecular flexibility index (Phi) is 6.19. The Morgan fingerprint density at radius 2 is 2.03 bits per heavy atom. The topological polar surface area (TPSA) is 106 Å². The molecule has 0 aliphatic carbocycles. The van der Waals surface area contributed by atoms with Crippen LogP contribution in [0.5, 0.6) is 5.75 Å². The largest absolute Gasteiger partial charge is 0.495 e. The minimum absolute atomic E-state index is 0.0363. The number of thiophene rings is 1. The second kappa shape index (κ2) is 8.93. The van der Waals surface area contributed by atoms with Gasteiger partial charge in [-0.25, -0.2) is 22.4 Å². The summed E-state index contributed by atoms with van der Waals surface area (Å²) in [4.78, 5) is 18.9. The number of methoxy groups -OCH3 is 1. The number of hydrogen-bond donors (Lipinski definition) is 1. The number of benzene rings is 1. The predicted octanol–water partition coefficient (Wildman–Crippen LogP) is 3.69. The van der Waals surface area contributed by atoms with E-state index in [2.05, 4.69) is 10.4 Å². The molecule has 1 aromatic carbocycles. The first-order valence-corrected chi connectivity index (χ1v) is 12.4. The number of anilines is 1. The van der Waals surface area contributed by atoms with E-state index in [9.17, 15) is 13.2 Å². The lowest BCUT2D eigenvalue weighted by Crippen LogP contribution is -2.23. The van der Waals surface area contributed by atoms with E-state index < -0.39 is 15.9 Å². The van der Waals surface area contributed by atoms with Crippen molar-refractivity contribution in [1.29, 1.82) is 0 Å². The Morgan fingerprint density at radius 1 is 1.24 bits per heavy atom. The Bertz CT molecular complexity index is 1430. The molecule has 4 aromatic rings. The molecule has 172 valence electrons. The zero-order chi connectivity index (χ0) is 23.8. The Hall–Kier alpha value is -3.28. The van der Waals surface area contributed by atoms with Crippen molar-refractivity contribution in [2.45, 2.75) is 18.4 Å². The third-order valence-corrected chi connectivity index (χ3v) is 7.84. The highest BCUT2D eigenvalue weighted by atomic mass is 32.2. The molecule has 4 rings (SSSR count). The van der Waals surface area contributed by atoms with Crippen molar-refractivity contribution in [2.75, 3.05) is 26.5 Å². The van der Waals surface area contributed by atoms with Crippen LogP contribution in [0.2, 0.25) is 0 Å². The van der Waals surface area contributed by atoms with Gasteiger partial charge in [-0.2, -0.15) is 5.10 Å². The van der Waals surface area contributed by atoms with E-state index in [1.807, 2.05) is 24.4 Å². The smallest absolute Gasteiger partial charge is 0.256 e. The lowest BCUT2D eigenvalue weighted by Gasteiger charge is -2.16. The highest BCUT2D eigenvalue weighted by molar-refractivity contribution is 7.89. The summed E-state index contributed by atoms with van der Waals surface area (Å²) in [6, 6.07) is 10.1. The molecule has 1 amide bonds. The second-order valence-electron chi connectivity index (χ2n) is 7.34. The van der Waals surface area contributed by atoms with E-state index in [1.54, 1.807) is 23.0 Å². The third-order valence-electron chi connectivity index (χ3n) is 5.11. The summed E-state index contributed by atoms with van der Waals surface area (Å²) in [5, 5.41) is 9.73. The number of pyridine rings is 1. The third kappa shape index (κ3) is 4.22. The number of sulfonamides is 1. The van der Waals surface area contributed by atoms with Crippen molar-refractivity contribution in [1.82, 2.24) is 19.1 Å². The molecule has 3 heterocycles. The van der Waals surface area contributed by atoms with E-state index in [0.29, 0.717) is 34.5 Å². The number of nitrogens with zero attached hydrogens (tertiary/aromatic N) is 4. The number of fused-ring (bicyclic) bond motifs is 1. The normalized spacial score (nSPS) is 11.8. The second-order valence-corrected chi connectivity index (χ2v) is 10.4. The fourth-order valence-corrected chi connectivity index (χ4v) is 5.13. The van der Waals surface area contributed by atoms with E-state index in [4.69, 9.17) is 9.72 Å². The highest BCUT2D eigenvalue weighted by Gasteiger charge is 2.24. The van der Waals surface area contributed by atoms with E-state index in [1.165, 1.54) is 44.7 Å². The first kappa shape index (κ1) is 22.9. The molecule has 0 aliphatic heterocycles. The Labute approximate surface area is 195 Å². The maximum atomic E-state index is 13.3. The molecule has 0 spiro atoms. The Morgan fingerprint density at radius 3 is 2.67 bits per heavy atom. The number of nitrogens with one attached hydrogen (secondary N) is 1. The fourth-order valence-electron chi connectivity index (χ4n) is 3.37. The van der Waals surface area contributed by atoms with Crippen LogP contribution in [0.4, 0.5) is 5.69 Å². The highest BCUT2D eigenvalue weighted by Crippen LogP contribution is 2.31. The summed E-state index contributed by atoms with van der Waals surface area (Å²) >= 11 is 1.53. The van der Waals surface area contributed by atoms with Crippen LogP contribution in [0, 0.1) is 0 Å². The SMILES string of the molecule is CCn1ncc2c(C(=O)Nc3ccc(OC)c(S(=O)(=O)N(C)C)c3)cc(-c3cccs3)nc21. The Balaban J connectivity index is 1.78. The zero-order valence-electron chi connectivity index (χ0n) is 18.6. The van der Waals surface area contributed by atoms with Gasteiger partial charge in [-0.05, 0) is 42.6 Å². The molecule has 0 saturated heterocycles. The van der Waals surface area contributed by atoms with Gasteiger partial charge in [0.2, 0.25) is 10.0 Å². The number of aryl methyl sites for hydroxylation is 1. The molecule has 33 heavy (non-hydrogen) atoms. The van der Waals surface area contributed by atoms with Gasteiger partial charge in [0.15, 0.2) is 5.65 Å². The van der Waals surface area contributed by atoms with Gasteiger partial charge in [-0.3, -0.25) is 4.79 Å². The molecule has 0 aliphatic rings. The molecule has 0 saturated carbocycles. The van der Waals surface area contributed by atoms with Crippen molar-refractivity contribution in [3.8, 4) is 16.3 Å². The van der Waals surface area contributed by atoms with Gasteiger partial charge in [0.1, 0.15) is 10.6 Å². The van der Waals surface area contributed by atoms with Crippen molar-refractivity contribution >= 4 is 44.0 Å². The first-order chi connectivity index (χ1) is 15.8. The van der Waals surface area contributed by atoms with Crippen LogP contribution < -0.4 is 10.1 Å². The van der Waals surface area contributed by atoms with Crippen LogP contribution in [-0.4, -0.2) is 54.6 Å². The zero-order valence-corrected chi connectivity index (χ0v) is 20.2. The van der Waals surface area contributed by atoms with Crippen molar-refractivity contribution < 1.29 is 17.9 Å². The van der Waals surface area contributed by atoms with E-state index in [0.717, 1.165) is 9.18 Å². The molecule has 11 heteroatoms. The maximum Gasteiger partial charge on any atom is 0.256 e. The van der Waals surface area contributed by atoms with Gasteiger partial charge in [0.05, 0.1) is 34.8 Å². The molecule has 0 atom stereocenters. The van der Waals surface area contributed by atoms with Gasteiger partial charge in [0.25, 0.3) is 5.91 Å². The number of rotatable bonds is 7. The monoisotopic (exact) mass is 485 g/mol. The number of ether oxygens (including phenoxy) is 1. The number of hydrogen-bond acceptors (Lipinski definition) is 7. The quantitative estimate of drug-likeness (QED) is 0.428. The molecule has 0 bridgehead atoms. The minimum Gasteiger partial charge on any atom is -0.495 e. The van der Waals surface area contributed by atoms with Crippen molar-refractivity contribution in [3.63, 3.8) is 0 Å². The van der Waals surface area contributed by atoms with Crippen LogP contribution in [0.25, 0.3) is 21.6 Å². The average molecular weight is 486 g/mol. The van der Waals surface area contributed by atoms with Gasteiger partial charge in [-0.15, -0.1) is 11.3 Å². The molecule has 0 radical (unpaired) electrons. The summed E-state index contributed by atoms with van der Waals surface area (Å²) in [6.45, 7) is 2.56. The summed E-state index contributed by atoms with van der Waals surface area (Å²) in [5.74, 6) is -0.202. The van der Waals surface area contributed by atoms with Gasteiger partial charge < -0.3 is 10.1 Å². The molecule has 0 unspecified atom stereocenters. The first-order valence-electron chi connectivity index (χ1n) is 10.1. The van der Waals surface area contributed by atoms with Crippen LogP contribution in [0.15, 0.2) is 52.9 Å². The van der Waals surface area contributed by atoms with Crippen LogP contribution >= 0.6 is 11.3 Å². The fraction of sp³-hybridized carbons (Fsp3) is 0.227. The predicted molar refractivity (Wildman–Crippen MR) is 128 cm³/mol. The van der Waals surface area contributed by atoms with Crippen LogP contribution in [0.3, 0.4) is 0 Å². The van der Waals surface area contributed by atoms with Gasteiger partial charge >= 0.3 is 0 Å². The van der Waals surface area contributed by atoms with E-state index >= 15 is 0 Å². The summed E-state index contributed by atoms with van der Waals surface area (Å²) in [5.41, 5.74) is 2.00. The van der Waals surface area contributed by atoms with Crippen molar-refractivity contribution in [3.05, 3.63) is 53.5 Å². The molecule has 0 fully saturated rings. The minimum atomic E-state index is -3.78. The van der Waals surface area contributed by atoms with Gasteiger partial charge in [-0.1, -0.05) is 6.07 Å². The maximum absolute atomic E-state index is 13.3. The summed E-state index contributed by atoms with van der Waals surface area (Å²) in [6.07, 6.45) is 1.62. The molecule has 9 nitrogen and oxygen atoms in total. The van der Waals surface area contributed by atoms with E-state index in [-0.39, 0.29) is 10.6 Å². The number of carbonyl (C=O) groups excluding carboxylic acids is 1. The lowest BCUT2D eigenvalue weighted by molar-refractivity contribution is 0.102. The number of carbonyl (C=O) groups is 1. The van der Waals surface area contributed by atoms with Gasteiger partial charge in [0, 0.05) is 26.3 Å². The van der Waals surface area contributed by atoms with Crippen molar-refractivity contribution in [2.24, 2.45) is 0 Å². The molecular formula is C22H23N5O4S2. The summed E-state index contributed by atoms with van der Waals surface area (Å²) < 4.78 is 33.5. The standard InChI is InChI=1S/C22H23N5O4S2/c1-5-27-21-16(13-23-27)15(12-17(25-21)19-7-6-10-32-19)22(28)24-14-8-9-18(31-4)20(11-14)33(29,30)26(2)3/h6-13H,5H2,1-4H3,(H,24,28). The van der Waals surface area contributed by atoms with Crippen LogP contribution in [-0.2, 0) is 16.6 Å². The number of amides is 1.